The summed E-state index contributed by atoms with van der Waals surface area (Å²) in [7, 11) is 0. The maximum atomic E-state index is 9.56. The number of hydrogen-bond acceptors (Lipinski definition) is 3. The van der Waals surface area contributed by atoms with Crippen LogP contribution in [-0.2, 0) is 0 Å². The minimum absolute atomic E-state index is 0.0500. The first-order chi connectivity index (χ1) is 8.72. The zero-order valence-corrected chi connectivity index (χ0v) is 10.9. The molecule has 1 atom stereocenters. The Morgan fingerprint density at radius 1 is 1.22 bits per heavy atom. The minimum Gasteiger partial charge on any atom is -0.394 e. The van der Waals surface area contributed by atoms with E-state index in [9.17, 15) is 5.11 Å². The number of rotatable bonds is 5. The highest BCUT2D eigenvalue weighted by Gasteiger charge is 2.13. The summed E-state index contributed by atoms with van der Waals surface area (Å²) in [5.41, 5.74) is 1.07. The Morgan fingerprint density at radius 3 is 2.72 bits per heavy atom. The van der Waals surface area contributed by atoms with Gasteiger partial charge in [-0.3, -0.25) is 4.98 Å². The summed E-state index contributed by atoms with van der Waals surface area (Å²) in [6.07, 6.45) is 3.70. The molecule has 0 amide bonds. The smallest absolute Gasteiger partial charge is 0.0627 e. The van der Waals surface area contributed by atoms with E-state index in [4.69, 9.17) is 0 Å². The zero-order chi connectivity index (χ0) is 13.0. The van der Waals surface area contributed by atoms with Crippen molar-refractivity contribution in [2.45, 2.75) is 19.9 Å². The predicted octanol–water partition coefficient (Wildman–Crippen LogP) is 2.51. The molecule has 1 unspecified atom stereocenters. The highest BCUT2D eigenvalue weighted by molar-refractivity contribution is 5.85. The molecule has 0 aliphatic heterocycles. The number of nitrogens with zero attached hydrogens (tertiary/aromatic N) is 1. The Morgan fingerprint density at radius 2 is 2.00 bits per heavy atom. The predicted molar refractivity (Wildman–Crippen MR) is 74.4 cm³/mol. The van der Waals surface area contributed by atoms with Crippen molar-refractivity contribution in [1.29, 1.82) is 0 Å². The third-order valence-electron chi connectivity index (χ3n) is 3.03. The Kier molecular flexibility index (Phi) is 4.28. The van der Waals surface area contributed by atoms with Crippen LogP contribution in [-0.4, -0.2) is 23.2 Å². The number of nitrogens with one attached hydrogen (secondary N) is 1. The van der Waals surface area contributed by atoms with E-state index in [1.54, 1.807) is 0 Å². The van der Waals surface area contributed by atoms with Gasteiger partial charge in [-0.25, -0.2) is 0 Å². The first-order valence-electron chi connectivity index (χ1n) is 6.39. The molecule has 0 aliphatic carbocycles. The van der Waals surface area contributed by atoms with Gasteiger partial charge in [-0.05, 0) is 23.4 Å². The van der Waals surface area contributed by atoms with Crippen molar-refractivity contribution >= 4 is 10.8 Å². The molecule has 2 N–H and O–H groups in total. The number of aromatic nitrogens is 1. The summed E-state index contributed by atoms with van der Waals surface area (Å²) < 4.78 is 0. The van der Waals surface area contributed by atoms with Crippen molar-refractivity contribution in [1.82, 2.24) is 10.3 Å². The van der Waals surface area contributed by atoms with Gasteiger partial charge in [0, 0.05) is 17.8 Å². The summed E-state index contributed by atoms with van der Waals surface area (Å²) in [6, 6.07) is 8.09. The SMILES string of the molecule is CC(C)CNC(CO)c1cncc2ccccc12. The molecule has 0 fully saturated rings. The van der Waals surface area contributed by atoms with Crippen molar-refractivity contribution in [3.05, 3.63) is 42.2 Å². The fourth-order valence-electron chi connectivity index (χ4n) is 2.07. The molecule has 18 heavy (non-hydrogen) atoms. The van der Waals surface area contributed by atoms with E-state index in [1.807, 2.05) is 30.6 Å². The van der Waals surface area contributed by atoms with Gasteiger partial charge in [-0.15, -0.1) is 0 Å². The van der Waals surface area contributed by atoms with Crippen LogP contribution in [0.1, 0.15) is 25.5 Å². The summed E-state index contributed by atoms with van der Waals surface area (Å²) in [5, 5.41) is 15.2. The van der Waals surface area contributed by atoms with Crippen molar-refractivity contribution < 1.29 is 5.11 Å². The summed E-state index contributed by atoms with van der Waals surface area (Å²) >= 11 is 0. The van der Waals surface area contributed by atoms with Crippen LogP contribution >= 0.6 is 0 Å². The summed E-state index contributed by atoms with van der Waals surface area (Å²) in [4.78, 5) is 4.26. The van der Waals surface area contributed by atoms with Crippen molar-refractivity contribution in [2.75, 3.05) is 13.2 Å². The second kappa shape index (κ2) is 5.94. The third-order valence-corrected chi connectivity index (χ3v) is 3.03. The lowest BCUT2D eigenvalue weighted by Crippen LogP contribution is -2.28. The molecular formula is C15H20N2O. The fourth-order valence-corrected chi connectivity index (χ4v) is 2.07. The first-order valence-corrected chi connectivity index (χ1v) is 6.39. The maximum Gasteiger partial charge on any atom is 0.0627 e. The van der Waals surface area contributed by atoms with Crippen LogP contribution in [0.5, 0.6) is 0 Å². The molecular weight excluding hydrogens is 224 g/mol. The van der Waals surface area contributed by atoms with Gasteiger partial charge >= 0.3 is 0 Å². The molecule has 3 heteroatoms. The molecule has 0 saturated heterocycles. The maximum absolute atomic E-state index is 9.56. The molecule has 2 rings (SSSR count). The largest absolute Gasteiger partial charge is 0.394 e. The van der Waals surface area contributed by atoms with Gasteiger partial charge in [0.15, 0.2) is 0 Å². The first kappa shape index (κ1) is 13.0. The second-order valence-corrected chi connectivity index (χ2v) is 4.99. The molecule has 0 spiro atoms. The molecule has 1 heterocycles. The minimum atomic E-state index is -0.0500. The second-order valence-electron chi connectivity index (χ2n) is 4.99. The van der Waals surface area contributed by atoms with Crippen LogP contribution in [0.15, 0.2) is 36.7 Å². The lowest BCUT2D eigenvalue weighted by Gasteiger charge is -2.19. The van der Waals surface area contributed by atoms with E-state index >= 15 is 0 Å². The number of aliphatic hydroxyl groups is 1. The van der Waals surface area contributed by atoms with E-state index < -0.39 is 0 Å². The monoisotopic (exact) mass is 244 g/mol. The lowest BCUT2D eigenvalue weighted by atomic mass is 10.0. The molecule has 0 saturated carbocycles. The van der Waals surface area contributed by atoms with Gasteiger partial charge in [0.1, 0.15) is 0 Å². The van der Waals surface area contributed by atoms with Crippen LogP contribution in [0.4, 0.5) is 0 Å². The number of pyridine rings is 1. The van der Waals surface area contributed by atoms with Crippen LogP contribution in [0.3, 0.4) is 0 Å². The van der Waals surface area contributed by atoms with Crippen LogP contribution in [0.2, 0.25) is 0 Å². The Hall–Kier alpha value is -1.45. The standard InChI is InChI=1S/C15H20N2O/c1-11(2)7-17-15(10-18)14-9-16-8-12-5-3-4-6-13(12)14/h3-6,8-9,11,15,17-18H,7,10H2,1-2H3. The van der Waals surface area contributed by atoms with E-state index in [0.717, 1.165) is 22.9 Å². The molecule has 0 radical (unpaired) electrons. The van der Waals surface area contributed by atoms with Crippen molar-refractivity contribution in [3.63, 3.8) is 0 Å². The van der Waals surface area contributed by atoms with E-state index in [1.165, 1.54) is 0 Å². The Balaban J connectivity index is 2.32. The Bertz CT molecular complexity index is 505. The third kappa shape index (κ3) is 2.86. The van der Waals surface area contributed by atoms with Crippen molar-refractivity contribution in [2.24, 2.45) is 5.92 Å². The Labute approximate surface area is 108 Å². The summed E-state index contributed by atoms with van der Waals surface area (Å²) in [5.74, 6) is 0.557. The molecule has 1 aromatic carbocycles. The lowest BCUT2D eigenvalue weighted by molar-refractivity contribution is 0.241. The topological polar surface area (TPSA) is 45.1 Å². The van der Waals surface area contributed by atoms with E-state index in [0.29, 0.717) is 5.92 Å². The highest BCUT2D eigenvalue weighted by atomic mass is 16.3. The number of aliphatic hydroxyl groups excluding tert-OH is 1. The molecule has 96 valence electrons. The number of benzene rings is 1. The van der Waals surface area contributed by atoms with Gasteiger partial charge in [-0.1, -0.05) is 38.1 Å². The highest BCUT2D eigenvalue weighted by Crippen LogP contribution is 2.22. The average molecular weight is 244 g/mol. The van der Waals surface area contributed by atoms with Gasteiger partial charge < -0.3 is 10.4 Å². The number of hydrogen-bond donors (Lipinski definition) is 2. The molecule has 0 bridgehead atoms. The molecule has 3 nitrogen and oxygen atoms in total. The molecule has 1 aromatic heterocycles. The van der Waals surface area contributed by atoms with E-state index in [2.05, 4.69) is 30.2 Å². The normalized spacial score (nSPS) is 13.1. The molecule has 0 aliphatic rings. The molecule has 2 aromatic rings. The quantitative estimate of drug-likeness (QED) is 0.849. The summed E-state index contributed by atoms with van der Waals surface area (Å²) in [6.45, 7) is 5.28. The van der Waals surface area contributed by atoms with Gasteiger partial charge in [-0.2, -0.15) is 0 Å². The average Bonchev–Trinajstić information content (AvgIpc) is 2.39. The van der Waals surface area contributed by atoms with Crippen LogP contribution in [0, 0.1) is 5.92 Å². The van der Waals surface area contributed by atoms with Crippen molar-refractivity contribution in [3.8, 4) is 0 Å². The van der Waals surface area contributed by atoms with E-state index in [-0.39, 0.29) is 12.6 Å². The van der Waals surface area contributed by atoms with Gasteiger partial charge in [0.05, 0.1) is 12.6 Å². The van der Waals surface area contributed by atoms with Crippen LogP contribution in [0.25, 0.3) is 10.8 Å². The zero-order valence-electron chi connectivity index (χ0n) is 10.9. The van der Waals surface area contributed by atoms with Crippen LogP contribution < -0.4 is 5.32 Å². The van der Waals surface area contributed by atoms with Gasteiger partial charge in [0.2, 0.25) is 0 Å². The fraction of sp³-hybridized carbons (Fsp3) is 0.400. The number of fused-ring (bicyclic) bond motifs is 1. The van der Waals surface area contributed by atoms with Gasteiger partial charge in [0.25, 0.3) is 0 Å².